The molecule has 0 amide bonds. The predicted octanol–water partition coefficient (Wildman–Crippen LogP) is 29.7. The van der Waals surface area contributed by atoms with E-state index in [4.69, 9.17) is 8.83 Å². The predicted molar refractivity (Wildman–Crippen MR) is 575 cm³/mol. The Balaban J connectivity index is 0.904. The van der Waals surface area contributed by atoms with Crippen molar-refractivity contribution in [2.45, 2.75) is 57.8 Å². The first-order valence-corrected chi connectivity index (χ1v) is 49.5. The Bertz CT molecular complexity index is 8190. The second-order valence-electron chi connectivity index (χ2n) is 38.8. The van der Waals surface area contributed by atoms with Crippen LogP contribution in [0.4, 0.5) is 51.2 Å². The third-order valence-electron chi connectivity index (χ3n) is 29.2. The Kier molecular flexibility index (Phi) is 19.4. The Morgan fingerprint density at radius 1 is 0.272 bits per heavy atom. The maximum Gasteiger partial charge on any atom is 0.252 e. The number of benzene rings is 20. The molecule has 22 aromatic rings. The molecule has 2 aliphatic heterocycles. The van der Waals surface area contributed by atoms with Gasteiger partial charge in [-0.15, -0.1) is 0 Å². The quantitative estimate of drug-likeness (QED) is 0.0712. The minimum Gasteiger partial charge on any atom is -0.455 e. The van der Waals surface area contributed by atoms with Crippen LogP contribution in [0.5, 0.6) is 0 Å². The van der Waals surface area contributed by atoms with Crippen LogP contribution in [0, 0.1) is 0 Å². The molecule has 20 aromatic carbocycles. The molecule has 0 bridgehead atoms. The van der Waals surface area contributed by atoms with E-state index in [2.05, 4.69) is 529 Å². The van der Waals surface area contributed by atoms with Crippen LogP contribution in [0.3, 0.4) is 0 Å². The molecule has 0 radical (unpaired) electrons. The monoisotopic (exact) mass is 1760 g/mol. The minimum atomic E-state index is -3.40. The lowest BCUT2D eigenvalue weighted by Gasteiger charge is -2.46. The molecule has 0 unspecified atom stereocenters. The average molecular weight is 1760 g/mol. The van der Waals surface area contributed by atoms with Gasteiger partial charge in [-0.3, -0.25) is 0 Å². The lowest BCUT2D eigenvalue weighted by molar-refractivity contribution is 0.590. The summed E-state index contributed by atoms with van der Waals surface area (Å²) in [5, 5.41) is 9.14. The number of nitrogens with zero attached hydrogens (tertiary/aromatic N) is 3. The summed E-state index contributed by atoms with van der Waals surface area (Å²) in [6.45, 7) is 13.4. The van der Waals surface area contributed by atoms with Crippen molar-refractivity contribution in [3.63, 3.8) is 0 Å². The molecule has 1 aliphatic carbocycles. The van der Waals surface area contributed by atoms with Crippen LogP contribution >= 0.6 is 0 Å². The third-order valence-corrected chi connectivity index (χ3v) is 33.9. The van der Waals surface area contributed by atoms with Gasteiger partial charge < -0.3 is 23.5 Å². The Morgan fingerprint density at radius 3 is 1.11 bits per heavy atom. The van der Waals surface area contributed by atoms with Crippen molar-refractivity contribution in [1.82, 2.24) is 0 Å². The van der Waals surface area contributed by atoms with E-state index in [0.717, 1.165) is 162 Å². The second-order valence-corrected chi connectivity index (χ2v) is 42.6. The summed E-state index contributed by atoms with van der Waals surface area (Å²) < 4.78 is 15.4. The molecule has 0 fully saturated rings. The van der Waals surface area contributed by atoms with Gasteiger partial charge in [0.2, 0.25) is 0 Å². The normalized spacial score (nSPS) is 13.1. The number of furan rings is 2. The van der Waals surface area contributed by atoms with Crippen LogP contribution in [-0.4, -0.2) is 14.8 Å². The molecule has 0 spiro atoms. The first-order chi connectivity index (χ1) is 66.8. The van der Waals surface area contributed by atoms with Gasteiger partial charge in [-0.2, -0.15) is 0 Å². The molecule has 0 saturated carbocycles. The van der Waals surface area contributed by atoms with Gasteiger partial charge in [-0.05, 0) is 205 Å². The number of rotatable bonds is 16. The molecule has 0 atom stereocenters. The SMILES string of the molecule is CC(C)(C)c1ccc(N(c2ccc(C(C)(C)C)cc2)c2ccc3c(c2)N(c2c(-c4ccccc4)cc(-c4ccccc4)c4oc5ccccc5c24)c2cc(-c4cccc5c4-c4ccccc4C5(c4ccccc4)c4ccccc4)cc4c2B3c2cc([Si](c3ccccc3)(c3ccccc3)c3ccccc3)ccc2N4c2c(-c3ccccc3)cc(-c3ccccc3)c3oc4ccccc4c23)cc1. The molecule has 136 heavy (non-hydrogen) atoms. The summed E-state index contributed by atoms with van der Waals surface area (Å²) >= 11 is 0. The number of anilines is 9. The molecule has 646 valence electrons. The topological polar surface area (TPSA) is 36.0 Å². The van der Waals surface area contributed by atoms with Crippen LogP contribution < -0.4 is 51.8 Å². The minimum absolute atomic E-state index is 0.107. The van der Waals surface area contributed by atoms with Crippen LogP contribution in [0.25, 0.3) is 111 Å². The lowest BCUT2D eigenvalue weighted by Crippen LogP contribution is -2.75. The molecular formula is C129H96BN3O2Si. The molecule has 3 aliphatic rings. The first kappa shape index (κ1) is 81.7. The van der Waals surface area contributed by atoms with Gasteiger partial charge in [-0.1, -0.05) is 436 Å². The van der Waals surface area contributed by atoms with Crippen LogP contribution in [0.2, 0.25) is 0 Å². The summed E-state index contributed by atoms with van der Waals surface area (Å²) in [4.78, 5) is 7.97. The molecular weight excluding hydrogens is 1660 g/mol. The zero-order chi connectivity index (χ0) is 91.1. The van der Waals surface area contributed by atoms with E-state index >= 15 is 0 Å². The van der Waals surface area contributed by atoms with Gasteiger partial charge in [0.1, 0.15) is 22.3 Å². The van der Waals surface area contributed by atoms with Crippen molar-refractivity contribution in [3.8, 4) is 66.8 Å². The summed E-state index contributed by atoms with van der Waals surface area (Å²) in [7, 11) is -3.40. The third kappa shape index (κ3) is 12.9. The summed E-state index contributed by atoms with van der Waals surface area (Å²) in [6.07, 6.45) is 0. The Hall–Kier alpha value is -16.3. The fraction of sp³-hybridized carbons (Fsp3) is 0.0698. The van der Waals surface area contributed by atoms with E-state index < -0.39 is 20.2 Å². The first-order valence-electron chi connectivity index (χ1n) is 47.5. The van der Waals surface area contributed by atoms with Gasteiger partial charge in [-0.25, -0.2) is 0 Å². The van der Waals surface area contributed by atoms with Gasteiger partial charge in [0.05, 0.1) is 27.6 Å². The fourth-order valence-corrected chi connectivity index (χ4v) is 27.8. The van der Waals surface area contributed by atoms with Crippen LogP contribution in [0.15, 0.2) is 482 Å². The second kappa shape index (κ2) is 32.3. The summed E-state index contributed by atoms with van der Waals surface area (Å²) in [5.74, 6) is 0. The molecule has 5 nitrogen and oxygen atoms in total. The fourth-order valence-electron chi connectivity index (χ4n) is 23.0. The van der Waals surface area contributed by atoms with E-state index in [9.17, 15) is 0 Å². The van der Waals surface area contributed by atoms with Gasteiger partial charge in [0.15, 0.2) is 8.07 Å². The Morgan fingerprint density at radius 2 is 0.654 bits per heavy atom. The van der Waals surface area contributed by atoms with Crippen molar-refractivity contribution >= 4 is 147 Å². The highest BCUT2D eigenvalue weighted by molar-refractivity contribution is 7.20. The molecule has 4 heterocycles. The van der Waals surface area contributed by atoms with Gasteiger partial charge in [0, 0.05) is 72.8 Å². The van der Waals surface area contributed by atoms with Crippen molar-refractivity contribution < 1.29 is 8.83 Å². The van der Waals surface area contributed by atoms with Crippen molar-refractivity contribution in [1.29, 1.82) is 0 Å². The molecule has 25 rings (SSSR count). The highest BCUT2D eigenvalue weighted by atomic mass is 28.3. The number of hydrogen-bond acceptors (Lipinski definition) is 5. The van der Waals surface area contributed by atoms with E-state index in [1.165, 1.54) is 70.7 Å². The maximum absolute atomic E-state index is 7.72. The van der Waals surface area contributed by atoms with Crippen molar-refractivity contribution in [2.24, 2.45) is 0 Å². The smallest absolute Gasteiger partial charge is 0.252 e. The molecule has 7 heteroatoms. The van der Waals surface area contributed by atoms with E-state index in [0.29, 0.717) is 0 Å². The van der Waals surface area contributed by atoms with E-state index in [1.54, 1.807) is 0 Å². The molecule has 2 aromatic heterocycles. The van der Waals surface area contributed by atoms with Gasteiger partial charge in [0.25, 0.3) is 6.71 Å². The summed E-state index contributed by atoms with van der Waals surface area (Å²) in [5.41, 5.74) is 35.1. The zero-order valence-corrected chi connectivity index (χ0v) is 77.8. The number of para-hydroxylation sites is 2. The van der Waals surface area contributed by atoms with E-state index in [1.807, 2.05) is 0 Å². The van der Waals surface area contributed by atoms with Crippen LogP contribution in [0.1, 0.15) is 74.9 Å². The highest BCUT2D eigenvalue weighted by Crippen LogP contribution is 2.62. The Labute approximate surface area is 795 Å². The summed E-state index contributed by atoms with van der Waals surface area (Å²) in [6, 6.07) is 179. The number of fused-ring (bicyclic) bond motifs is 13. The molecule has 0 saturated heterocycles. The zero-order valence-electron chi connectivity index (χ0n) is 76.8. The largest absolute Gasteiger partial charge is 0.455 e. The standard InChI is InChI=1S/C129H96BN3O2Si/c1-127(2,3)90-67-71-94(72-68-90)131(95-73-69-91(70-74-95)128(4,5)6)96-75-77-111-114(81-96)133(124-106(86-43-18-8-19-44-86)84-108(88-47-22-10-23-48-88)126-121(124)104-61-36-39-66-118(104)135-126)116-80-89(101-62-40-64-110-119(101)102-59-34-37-63-109(102)129(110,92-49-24-11-25-50-92)93-51-26-12-27-52-93)79-115-122(116)130(111)112-82-100(136(97-53-28-13-29-54-97,98-55-30-14-31-56-98)99-57-32-15-33-58-99)76-78-113(112)132(115)123-105(85-41-16-7-17-42-85)83-107(87-45-20-9-21-46-87)125-120(123)103-60-35-38-65-117(103)134-125/h7-84H,1-6H3. The van der Waals surface area contributed by atoms with Gasteiger partial charge >= 0.3 is 0 Å². The molecule has 0 N–H and O–H groups in total. The van der Waals surface area contributed by atoms with Crippen LogP contribution in [-0.2, 0) is 16.2 Å². The van der Waals surface area contributed by atoms with Crippen molar-refractivity contribution in [2.75, 3.05) is 14.7 Å². The lowest BCUT2D eigenvalue weighted by atomic mass is 9.33. The maximum atomic E-state index is 7.72. The van der Waals surface area contributed by atoms with E-state index in [-0.39, 0.29) is 10.8 Å². The van der Waals surface area contributed by atoms with Crippen molar-refractivity contribution in [3.05, 3.63) is 507 Å². The average Bonchev–Trinajstić information content (AvgIpc) is 1.17. The highest BCUT2D eigenvalue weighted by Gasteiger charge is 2.51. The number of hydrogen-bond donors (Lipinski definition) is 0.